The predicted molar refractivity (Wildman–Crippen MR) is 117 cm³/mol. The Morgan fingerprint density at radius 2 is 1.86 bits per heavy atom. The maximum atomic E-state index is 12.2. The number of hydrogen-bond donors (Lipinski definition) is 2. The molecule has 3 rings (SSSR count). The third kappa shape index (κ3) is 4.86. The van der Waals surface area contributed by atoms with E-state index in [1.54, 1.807) is 11.4 Å². The number of nitrogens with two attached hydrogens (primary N) is 1. The van der Waals surface area contributed by atoms with Gasteiger partial charge in [0, 0.05) is 12.6 Å². The van der Waals surface area contributed by atoms with Crippen LogP contribution >= 0.6 is 23.1 Å². The summed E-state index contributed by atoms with van der Waals surface area (Å²) in [7, 11) is 1.87. The van der Waals surface area contributed by atoms with Crippen molar-refractivity contribution in [2.45, 2.75) is 31.3 Å². The summed E-state index contributed by atoms with van der Waals surface area (Å²) in [5.74, 6) is 0.0803. The Bertz CT molecular complexity index is 1030. The molecule has 0 atom stereocenters. The van der Waals surface area contributed by atoms with Crippen LogP contribution < -0.4 is 11.1 Å². The molecular formula is C20H23N5O2S2. The molecule has 3 N–H and O–H groups in total. The predicted octanol–water partition coefficient (Wildman–Crippen LogP) is 3.67. The van der Waals surface area contributed by atoms with Crippen LogP contribution in [0.5, 0.6) is 0 Å². The summed E-state index contributed by atoms with van der Waals surface area (Å²) in [6.07, 6.45) is 0. The van der Waals surface area contributed by atoms with Gasteiger partial charge in [0.1, 0.15) is 5.00 Å². The van der Waals surface area contributed by atoms with Gasteiger partial charge in [-0.3, -0.25) is 9.59 Å². The summed E-state index contributed by atoms with van der Waals surface area (Å²) in [6.45, 7) is 6.52. The van der Waals surface area contributed by atoms with Gasteiger partial charge in [-0.2, -0.15) is 0 Å². The van der Waals surface area contributed by atoms with Crippen LogP contribution in [0.4, 0.5) is 5.00 Å². The fraction of sp³-hybridized carbons (Fsp3) is 0.300. The van der Waals surface area contributed by atoms with Crippen LogP contribution in [0.15, 0.2) is 40.9 Å². The van der Waals surface area contributed by atoms with Gasteiger partial charge in [-0.25, -0.2) is 0 Å². The SMILES string of the molecule is Cn1c(SCC(=O)Nc2sccc2C(N)=O)nnc1-c1ccc(C(C)(C)C)cc1. The highest BCUT2D eigenvalue weighted by atomic mass is 32.2. The summed E-state index contributed by atoms with van der Waals surface area (Å²) < 4.78 is 1.87. The van der Waals surface area contributed by atoms with E-state index in [9.17, 15) is 9.59 Å². The molecule has 0 saturated heterocycles. The molecule has 2 heterocycles. The van der Waals surface area contributed by atoms with Gasteiger partial charge >= 0.3 is 0 Å². The Balaban J connectivity index is 1.66. The number of primary amides is 1. The minimum atomic E-state index is -0.565. The molecule has 2 amide bonds. The van der Waals surface area contributed by atoms with Crippen LogP contribution in [0.1, 0.15) is 36.7 Å². The second-order valence-corrected chi connectivity index (χ2v) is 9.42. The molecule has 0 bridgehead atoms. The molecule has 1 aromatic carbocycles. The van der Waals surface area contributed by atoms with E-state index < -0.39 is 5.91 Å². The molecule has 9 heteroatoms. The lowest BCUT2D eigenvalue weighted by Crippen LogP contribution is -2.18. The van der Waals surface area contributed by atoms with Crippen LogP contribution in [0, 0.1) is 0 Å². The van der Waals surface area contributed by atoms with Gasteiger partial charge in [0.25, 0.3) is 5.91 Å². The molecule has 0 radical (unpaired) electrons. The average Bonchev–Trinajstić information content (AvgIpc) is 3.26. The molecule has 7 nitrogen and oxygen atoms in total. The van der Waals surface area contributed by atoms with E-state index in [1.807, 2.05) is 23.7 Å². The van der Waals surface area contributed by atoms with Crippen molar-refractivity contribution in [1.82, 2.24) is 14.8 Å². The Morgan fingerprint density at radius 3 is 2.48 bits per heavy atom. The van der Waals surface area contributed by atoms with Gasteiger partial charge in [0.2, 0.25) is 5.91 Å². The number of carbonyl (C=O) groups is 2. The molecule has 152 valence electrons. The summed E-state index contributed by atoms with van der Waals surface area (Å²) >= 11 is 2.54. The fourth-order valence-corrected chi connectivity index (χ4v) is 4.22. The number of nitrogens with one attached hydrogen (secondary N) is 1. The van der Waals surface area contributed by atoms with Gasteiger partial charge in [-0.1, -0.05) is 56.8 Å². The quantitative estimate of drug-likeness (QED) is 0.582. The van der Waals surface area contributed by atoms with Crippen LogP contribution in [-0.4, -0.2) is 32.3 Å². The van der Waals surface area contributed by atoms with Crippen molar-refractivity contribution in [1.29, 1.82) is 0 Å². The first kappa shape index (κ1) is 21.1. The second-order valence-electron chi connectivity index (χ2n) is 7.56. The first-order valence-corrected chi connectivity index (χ1v) is 10.8. The number of amides is 2. The number of nitrogens with zero attached hydrogens (tertiary/aromatic N) is 3. The first-order chi connectivity index (χ1) is 13.7. The van der Waals surface area contributed by atoms with Crippen molar-refractivity contribution in [2.75, 3.05) is 11.1 Å². The molecule has 0 unspecified atom stereocenters. The number of aromatic nitrogens is 3. The van der Waals surface area contributed by atoms with Crippen LogP contribution in [0.2, 0.25) is 0 Å². The smallest absolute Gasteiger partial charge is 0.251 e. The van der Waals surface area contributed by atoms with Crippen LogP contribution in [0.25, 0.3) is 11.4 Å². The van der Waals surface area contributed by atoms with Crippen molar-refractivity contribution in [3.05, 3.63) is 46.8 Å². The second kappa shape index (κ2) is 8.38. The summed E-state index contributed by atoms with van der Waals surface area (Å²) in [6, 6.07) is 9.86. The number of thiophene rings is 1. The number of anilines is 1. The molecule has 0 aliphatic heterocycles. The summed E-state index contributed by atoms with van der Waals surface area (Å²) in [4.78, 5) is 23.6. The zero-order valence-corrected chi connectivity index (χ0v) is 18.4. The summed E-state index contributed by atoms with van der Waals surface area (Å²) in [5, 5.41) is 14.0. The highest BCUT2D eigenvalue weighted by Gasteiger charge is 2.17. The summed E-state index contributed by atoms with van der Waals surface area (Å²) in [5.41, 5.74) is 7.92. The first-order valence-electron chi connectivity index (χ1n) is 8.97. The van der Waals surface area contributed by atoms with Gasteiger partial charge in [-0.05, 0) is 22.4 Å². The number of thioether (sulfide) groups is 1. The number of carbonyl (C=O) groups excluding carboxylic acids is 2. The zero-order chi connectivity index (χ0) is 21.2. The Morgan fingerprint density at radius 1 is 1.17 bits per heavy atom. The lowest BCUT2D eigenvalue weighted by molar-refractivity contribution is -0.113. The Kier molecular flexibility index (Phi) is 6.09. The molecule has 2 aromatic heterocycles. The molecule has 0 fully saturated rings. The monoisotopic (exact) mass is 429 g/mol. The van der Waals surface area contributed by atoms with Crippen molar-refractivity contribution < 1.29 is 9.59 Å². The van der Waals surface area contributed by atoms with Crippen LogP contribution in [0.3, 0.4) is 0 Å². The van der Waals surface area contributed by atoms with Gasteiger partial charge < -0.3 is 15.6 Å². The highest BCUT2D eigenvalue weighted by molar-refractivity contribution is 7.99. The average molecular weight is 430 g/mol. The normalized spacial score (nSPS) is 11.4. The largest absolute Gasteiger partial charge is 0.366 e. The number of hydrogen-bond acceptors (Lipinski definition) is 6. The highest BCUT2D eigenvalue weighted by Crippen LogP contribution is 2.27. The minimum absolute atomic E-state index is 0.0870. The molecular weight excluding hydrogens is 406 g/mol. The topological polar surface area (TPSA) is 103 Å². The number of benzene rings is 1. The fourth-order valence-electron chi connectivity index (χ4n) is 2.70. The molecule has 0 aliphatic rings. The molecule has 0 spiro atoms. The molecule has 29 heavy (non-hydrogen) atoms. The molecule has 0 aliphatic carbocycles. The van der Waals surface area contributed by atoms with E-state index in [4.69, 9.17) is 5.73 Å². The number of rotatable bonds is 6. The Hall–Kier alpha value is -2.65. The van der Waals surface area contributed by atoms with Crippen LogP contribution in [-0.2, 0) is 17.3 Å². The van der Waals surface area contributed by atoms with E-state index in [0.717, 1.165) is 11.4 Å². The lowest BCUT2D eigenvalue weighted by atomic mass is 9.87. The van der Waals surface area contributed by atoms with Gasteiger partial charge in [0.05, 0.1) is 11.3 Å². The van der Waals surface area contributed by atoms with E-state index >= 15 is 0 Å². The van der Waals surface area contributed by atoms with Crippen molar-refractivity contribution in [3.63, 3.8) is 0 Å². The minimum Gasteiger partial charge on any atom is -0.366 e. The maximum absolute atomic E-state index is 12.2. The van der Waals surface area contributed by atoms with Gasteiger partial charge in [0.15, 0.2) is 11.0 Å². The van der Waals surface area contributed by atoms with Crippen molar-refractivity contribution in [3.8, 4) is 11.4 Å². The van der Waals surface area contributed by atoms with E-state index in [2.05, 4.69) is 48.4 Å². The third-order valence-electron chi connectivity index (χ3n) is 4.36. The zero-order valence-electron chi connectivity index (χ0n) is 16.7. The van der Waals surface area contributed by atoms with E-state index in [-0.39, 0.29) is 17.1 Å². The van der Waals surface area contributed by atoms with E-state index in [1.165, 1.54) is 28.7 Å². The molecule has 0 saturated carbocycles. The lowest BCUT2D eigenvalue weighted by Gasteiger charge is -2.19. The Labute approximate surface area is 177 Å². The maximum Gasteiger partial charge on any atom is 0.251 e. The van der Waals surface area contributed by atoms with Gasteiger partial charge in [-0.15, -0.1) is 21.5 Å². The van der Waals surface area contributed by atoms with Crippen molar-refractivity contribution >= 4 is 39.9 Å². The third-order valence-corrected chi connectivity index (χ3v) is 6.21. The standard InChI is InChI=1S/C20H23N5O2S2/c1-20(2,3)13-7-5-12(6-8-13)17-23-24-19(25(17)4)29-11-15(26)22-18-14(16(21)27)9-10-28-18/h5-10H,11H2,1-4H3,(H2,21,27)(H,22,26). The van der Waals surface area contributed by atoms with E-state index in [0.29, 0.717) is 15.7 Å². The molecule has 3 aromatic rings. The van der Waals surface area contributed by atoms with Crippen molar-refractivity contribution in [2.24, 2.45) is 12.8 Å².